The Labute approximate surface area is 108 Å². The Morgan fingerprint density at radius 3 is 2.94 bits per heavy atom. The number of hydrogen-bond donors (Lipinski definition) is 3. The maximum absolute atomic E-state index is 12.1. The molecule has 0 aromatic heterocycles. The lowest BCUT2D eigenvalue weighted by Crippen LogP contribution is -2.51. The average molecular weight is 253 g/mol. The molecule has 0 bridgehead atoms. The number of carbonyl (C=O) groups is 1. The van der Waals surface area contributed by atoms with Crippen LogP contribution in [-0.4, -0.2) is 59.8 Å². The van der Waals surface area contributed by atoms with Crippen LogP contribution in [0.4, 0.5) is 0 Å². The van der Waals surface area contributed by atoms with Crippen LogP contribution in [0.15, 0.2) is 0 Å². The van der Waals surface area contributed by atoms with Crippen molar-refractivity contribution < 1.29 is 9.90 Å². The number of nitrogens with one attached hydrogen (secondary N) is 2. The van der Waals surface area contributed by atoms with Gasteiger partial charge in [-0.05, 0) is 32.2 Å². The van der Waals surface area contributed by atoms with E-state index in [-0.39, 0.29) is 18.1 Å². The van der Waals surface area contributed by atoms with Gasteiger partial charge in [0.25, 0.3) is 0 Å². The van der Waals surface area contributed by atoms with E-state index in [1.165, 1.54) is 25.8 Å². The summed E-state index contributed by atoms with van der Waals surface area (Å²) in [6.45, 7) is 2.85. The standard InChI is InChI=1S/C13H23N3O2/c17-9-7-11(14-8-9)13(18)15-10-4-6-16-5-2-1-3-12(10)16/h9-12,14,17H,1-8H2,(H,15,18). The molecule has 4 atom stereocenters. The molecule has 0 saturated carbocycles. The molecular weight excluding hydrogens is 230 g/mol. The number of piperidine rings is 1. The fourth-order valence-corrected chi connectivity index (χ4v) is 3.62. The number of aliphatic hydroxyl groups excluding tert-OH is 1. The van der Waals surface area contributed by atoms with Crippen LogP contribution in [0.2, 0.25) is 0 Å². The number of carbonyl (C=O) groups excluding carboxylic acids is 1. The van der Waals surface area contributed by atoms with Gasteiger partial charge in [0.1, 0.15) is 0 Å². The Hall–Kier alpha value is -0.650. The van der Waals surface area contributed by atoms with E-state index in [2.05, 4.69) is 15.5 Å². The van der Waals surface area contributed by atoms with Crippen molar-refractivity contribution in [2.45, 2.75) is 56.3 Å². The summed E-state index contributed by atoms with van der Waals surface area (Å²) in [7, 11) is 0. The topological polar surface area (TPSA) is 64.6 Å². The summed E-state index contributed by atoms with van der Waals surface area (Å²) in [5, 5.41) is 15.7. The van der Waals surface area contributed by atoms with Crippen LogP contribution in [-0.2, 0) is 4.79 Å². The van der Waals surface area contributed by atoms with Crippen LogP contribution < -0.4 is 10.6 Å². The first-order valence-electron chi connectivity index (χ1n) is 7.20. The zero-order valence-corrected chi connectivity index (χ0v) is 10.8. The highest BCUT2D eigenvalue weighted by Crippen LogP contribution is 2.27. The van der Waals surface area contributed by atoms with Gasteiger partial charge < -0.3 is 15.7 Å². The molecule has 4 unspecified atom stereocenters. The van der Waals surface area contributed by atoms with Gasteiger partial charge in [0.05, 0.1) is 12.1 Å². The third kappa shape index (κ3) is 2.39. The number of amides is 1. The van der Waals surface area contributed by atoms with E-state index >= 15 is 0 Å². The van der Waals surface area contributed by atoms with Crippen molar-refractivity contribution in [3.8, 4) is 0 Å². The van der Waals surface area contributed by atoms with Gasteiger partial charge in [-0.25, -0.2) is 0 Å². The van der Waals surface area contributed by atoms with Crippen LogP contribution in [0.5, 0.6) is 0 Å². The van der Waals surface area contributed by atoms with Gasteiger partial charge in [0, 0.05) is 25.2 Å². The summed E-state index contributed by atoms with van der Waals surface area (Å²) in [4.78, 5) is 14.6. The van der Waals surface area contributed by atoms with E-state index in [0.29, 0.717) is 25.0 Å². The van der Waals surface area contributed by atoms with Gasteiger partial charge in [-0.2, -0.15) is 0 Å². The van der Waals surface area contributed by atoms with Crippen LogP contribution in [0, 0.1) is 0 Å². The van der Waals surface area contributed by atoms with E-state index in [4.69, 9.17) is 0 Å². The van der Waals surface area contributed by atoms with Gasteiger partial charge >= 0.3 is 0 Å². The van der Waals surface area contributed by atoms with Gasteiger partial charge in [0.15, 0.2) is 0 Å². The van der Waals surface area contributed by atoms with E-state index in [9.17, 15) is 9.90 Å². The highest BCUT2D eigenvalue weighted by molar-refractivity contribution is 5.82. The van der Waals surface area contributed by atoms with Crippen LogP contribution in [0.25, 0.3) is 0 Å². The number of β-amino-alcohol motifs (C(OH)–C–C–N with tert-alkyl or cyclic N) is 1. The Bertz CT molecular complexity index is 323. The molecule has 0 aliphatic carbocycles. The molecule has 3 fully saturated rings. The van der Waals surface area contributed by atoms with Gasteiger partial charge in [0.2, 0.25) is 5.91 Å². The molecule has 3 N–H and O–H groups in total. The zero-order chi connectivity index (χ0) is 12.5. The summed E-state index contributed by atoms with van der Waals surface area (Å²) in [6.07, 6.45) is 5.06. The second-order valence-electron chi connectivity index (χ2n) is 5.85. The summed E-state index contributed by atoms with van der Waals surface area (Å²) in [5.74, 6) is 0.0731. The summed E-state index contributed by atoms with van der Waals surface area (Å²) < 4.78 is 0. The van der Waals surface area contributed by atoms with Crippen molar-refractivity contribution in [2.75, 3.05) is 19.6 Å². The largest absolute Gasteiger partial charge is 0.392 e. The SMILES string of the molecule is O=C(NC1CCN2CCCCC12)C1CC(O)CN1. The molecule has 3 aliphatic heterocycles. The summed E-state index contributed by atoms with van der Waals surface area (Å²) in [5.41, 5.74) is 0. The molecule has 18 heavy (non-hydrogen) atoms. The molecule has 0 radical (unpaired) electrons. The number of aliphatic hydroxyl groups is 1. The third-order valence-electron chi connectivity index (χ3n) is 4.61. The van der Waals surface area contributed by atoms with Crippen molar-refractivity contribution in [3.63, 3.8) is 0 Å². The molecule has 102 valence electrons. The van der Waals surface area contributed by atoms with E-state index in [1.807, 2.05) is 0 Å². The first-order chi connectivity index (χ1) is 8.74. The maximum atomic E-state index is 12.1. The minimum Gasteiger partial charge on any atom is -0.392 e. The lowest BCUT2D eigenvalue weighted by atomic mass is 9.98. The minimum absolute atomic E-state index is 0.0731. The van der Waals surface area contributed by atoms with Crippen molar-refractivity contribution in [1.29, 1.82) is 0 Å². The monoisotopic (exact) mass is 253 g/mol. The van der Waals surface area contributed by atoms with E-state index in [1.54, 1.807) is 0 Å². The van der Waals surface area contributed by atoms with Crippen molar-refractivity contribution in [3.05, 3.63) is 0 Å². The minimum atomic E-state index is -0.365. The predicted molar refractivity (Wildman–Crippen MR) is 68.2 cm³/mol. The lowest BCUT2D eigenvalue weighted by Gasteiger charge is -2.32. The predicted octanol–water partition coefficient (Wildman–Crippen LogP) is -0.548. The Balaban J connectivity index is 1.54. The summed E-state index contributed by atoms with van der Waals surface area (Å²) >= 11 is 0. The maximum Gasteiger partial charge on any atom is 0.237 e. The molecule has 5 nitrogen and oxygen atoms in total. The normalized spacial score (nSPS) is 40.7. The smallest absolute Gasteiger partial charge is 0.237 e. The van der Waals surface area contributed by atoms with Gasteiger partial charge in [-0.3, -0.25) is 9.69 Å². The number of fused-ring (bicyclic) bond motifs is 1. The van der Waals surface area contributed by atoms with Crippen LogP contribution >= 0.6 is 0 Å². The summed E-state index contributed by atoms with van der Waals surface area (Å²) in [6, 6.07) is 0.670. The molecule has 3 saturated heterocycles. The number of nitrogens with zero attached hydrogens (tertiary/aromatic N) is 1. The first-order valence-corrected chi connectivity index (χ1v) is 7.20. The number of hydrogen-bond acceptors (Lipinski definition) is 4. The van der Waals surface area contributed by atoms with Gasteiger partial charge in [-0.1, -0.05) is 6.42 Å². The molecule has 3 aliphatic rings. The van der Waals surface area contributed by atoms with E-state index < -0.39 is 0 Å². The molecule has 5 heteroatoms. The van der Waals surface area contributed by atoms with Crippen molar-refractivity contribution >= 4 is 5.91 Å². The lowest BCUT2D eigenvalue weighted by molar-refractivity contribution is -0.123. The zero-order valence-electron chi connectivity index (χ0n) is 10.8. The van der Waals surface area contributed by atoms with Crippen LogP contribution in [0.1, 0.15) is 32.1 Å². The quantitative estimate of drug-likeness (QED) is 0.618. The molecule has 1 amide bonds. The van der Waals surface area contributed by atoms with Gasteiger partial charge in [-0.15, -0.1) is 0 Å². The van der Waals surface area contributed by atoms with E-state index in [0.717, 1.165) is 13.0 Å². The Morgan fingerprint density at radius 1 is 1.28 bits per heavy atom. The van der Waals surface area contributed by atoms with Crippen molar-refractivity contribution in [1.82, 2.24) is 15.5 Å². The molecular formula is C13H23N3O2. The fourth-order valence-electron chi connectivity index (χ4n) is 3.62. The second kappa shape index (κ2) is 5.15. The number of rotatable bonds is 2. The average Bonchev–Trinajstić information content (AvgIpc) is 2.97. The molecule has 0 spiro atoms. The molecule has 3 rings (SSSR count). The third-order valence-corrected chi connectivity index (χ3v) is 4.61. The van der Waals surface area contributed by atoms with Crippen molar-refractivity contribution in [2.24, 2.45) is 0 Å². The van der Waals surface area contributed by atoms with Crippen LogP contribution in [0.3, 0.4) is 0 Å². The highest BCUT2D eigenvalue weighted by Gasteiger charge is 2.38. The molecule has 0 aromatic carbocycles. The molecule has 3 heterocycles. The first kappa shape index (κ1) is 12.4. The molecule has 0 aromatic rings. The highest BCUT2D eigenvalue weighted by atomic mass is 16.3. The Kier molecular flexibility index (Phi) is 3.54. The fraction of sp³-hybridized carbons (Fsp3) is 0.923. The Morgan fingerprint density at radius 2 is 2.17 bits per heavy atom. The second-order valence-corrected chi connectivity index (χ2v) is 5.85.